The average Bonchev–Trinajstić information content (AvgIpc) is 2.47. The minimum Gasteiger partial charge on any atom is -0.368 e. The second-order valence-corrected chi connectivity index (χ2v) is 6.16. The highest BCUT2D eigenvalue weighted by Crippen LogP contribution is 2.26. The largest absolute Gasteiger partial charge is 0.368 e. The number of halogens is 1. The number of benzene rings is 1. The Labute approximate surface area is 130 Å². The van der Waals surface area contributed by atoms with Crippen molar-refractivity contribution in [1.29, 1.82) is 5.26 Å². The van der Waals surface area contributed by atoms with E-state index in [-0.39, 0.29) is 17.9 Å². The molecule has 0 saturated carbocycles. The van der Waals surface area contributed by atoms with Crippen LogP contribution in [0.1, 0.15) is 32.3 Å². The molecule has 1 N–H and O–H groups in total. The molecule has 1 amide bonds. The summed E-state index contributed by atoms with van der Waals surface area (Å²) in [7, 11) is 0. The van der Waals surface area contributed by atoms with Crippen LogP contribution in [-0.2, 0) is 4.79 Å². The maximum atomic E-state index is 11.8. The molecule has 4 nitrogen and oxygen atoms in total. The van der Waals surface area contributed by atoms with Crippen LogP contribution in [0.25, 0.3) is 0 Å². The summed E-state index contributed by atoms with van der Waals surface area (Å²) < 4.78 is 0. The van der Waals surface area contributed by atoms with E-state index in [2.05, 4.69) is 16.3 Å². The number of nitrogens with zero attached hydrogens (tertiary/aromatic N) is 2. The van der Waals surface area contributed by atoms with Crippen molar-refractivity contribution in [2.24, 2.45) is 5.92 Å². The smallest absolute Gasteiger partial charge is 0.222 e. The van der Waals surface area contributed by atoms with Crippen molar-refractivity contribution < 1.29 is 4.79 Å². The topological polar surface area (TPSA) is 56.1 Å². The van der Waals surface area contributed by atoms with Crippen LogP contribution < -0.4 is 10.2 Å². The van der Waals surface area contributed by atoms with Crippen molar-refractivity contribution >= 4 is 23.2 Å². The Kier molecular flexibility index (Phi) is 5.08. The lowest BCUT2D eigenvalue weighted by Crippen LogP contribution is -2.49. The molecule has 1 aliphatic heterocycles. The Morgan fingerprint density at radius 1 is 1.52 bits per heavy atom. The van der Waals surface area contributed by atoms with Gasteiger partial charge in [0.05, 0.1) is 11.3 Å². The molecule has 0 bridgehead atoms. The monoisotopic (exact) mass is 305 g/mol. The van der Waals surface area contributed by atoms with Gasteiger partial charge in [-0.3, -0.25) is 4.79 Å². The lowest BCUT2D eigenvalue weighted by atomic mass is 10.0. The number of piperidine rings is 1. The standard InChI is InChI=1S/C16H20ClN3O/c1-11(2)16(21)19-14-4-3-7-20(10-14)15-6-5-13(17)8-12(15)9-18/h5-6,8,11,14H,3-4,7,10H2,1-2H3,(H,19,21). The molecule has 0 spiro atoms. The van der Waals surface area contributed by atoms with Crippen molar-refractivity contribution in [3.8, 4) is 6.07 Å². The molecule has 5 heteroatoms. The first-order chi connectivity index (χ1) is 10.0. The third-order valence-corrected chi connectivity index (χ3v) is 3.95. The quantitative estimate of drug-likeness (QED) is 0.934. The van der Waals surface area contributed by atoms with Gasteiger partial charge in [0.15, 0.2) is 0 Å². The van der Waals surface area contributed by atoms with Crippen LogP contribution in [0.15, 0.2) is 18.2 Å². The molecule has 1 aromatic carbocycles. The highest BCUT2D eigenvalue weighted by atomic mass is 35.5. The molecule has 1 unspecified atom stereocenters. The summed E-state index contributed by atoms with van der Waals surface area (Å²) in [4.78, 5) is 14.0. The Balaban J connectivity index is 2.11. The van der Waals surface area contributed by atoms with Crippen molar-refractivity contribution in [2.45, 2.75) is 32.7 Å². The number of nitriles is 1. The van der Waals surface area contributed by atoms with Gasteiger partial charge in [-0.05, 0) is 31.0 Å². The van der Waals surface area contributed by atoms with Crippen LogP contribution in [0.5, 0.6) is 0 Å². The number of nitrogens with one attached hydrogen (secondary N) is 1. The van der Waals surface area contributed by atoms with Gasteiger partial charge in [0.2, 0.25) is 5.91 Å². The first-order valence-corrected chi connectivity index (χ1v) is 7.64. The van der Waals surface area contributed by atoms with Crippen LogP contribution in [-0.4, -0.2) is 25.0 Å². The van der Waals surface area contributed by atoms with Gasteiger partial charge in [0.1, 0.15) is 6.07 Å². The van der Waals surface area contributed by atoms with Crippen molar-refractivity contribution in [3.05, 3.63) is 28.8 Å². The van der Waals surface area contributed by atoms with E-state index in [1.165, 1.54) is 0 Å². The van der Waals surface area contributed by atoms with E-state index in [4.69, 9.17) is 11.6 Å². The molecule has 1 atom stereocenters. The van der Waals surface area contributed by atoms with Crippen molar-refractivity contribution in [3.63, 3.8) is 0 Å². The molecule has 1 fully saturated rings. The molecule has 0 aromatic heterocycles. The van der Waals surface area contributed by atoms with E-state index in [0.717, 1.165) is 31.6 Å². The molecule has 1 saturated heterocycles. The Morgan fingerprint density at radius 3 is 2.95 bits per heavy atom. The second kappa shape index (κ2) is 6.82. The van der Waals surface area contributed by atoms with Gasteiger partial charge in [0, 0.05) is 30.1 Å². The van der Waals surface area contributed by atoms with E-state index >= 15 is 0 Å². The van der Waals surface area contributed by atoms with Gasteiger partial charge in [-0.25, -0.2) is 0 Å². The highest BCUT2D eigenvalue weighted by Gasteiger charge is 2.23. The van der Waals surface area contributed by atoms with Gasteiger partial charge < -0.3 is 10.2 Å². The number of hydrogen-bond donors (Lipinski definition) is 1. The van der Waals surface area contributed by atoms with Crippen LogP contribution in [0.3, 0.4) is 0 Å². The number of hydrogen-bond acceptors (Lipinski definition) is 3. The third kappa shape index (κ3) is 3.89. The molecule has 1 aliphatic rings. The molecular weight excluding hydrogens is 286 g/mol. The van der Waals surface area contributed by atoms with Crippen LogP contribution in [0.4, 0.5) is 5.69 Å². The number of anilines is 1. The fourth-order valence-electron chi connectivity index (χ4n) is 2.56. The molecule has 1 heterocycles. The molecule has 21 heavy (non-hydrogen) atoms. The zero-order valence-electron chi connectivity index (χ0n) is 12.4. The van der Waals surface area contributed by atoms with E-state index in [1.54, 1.807) is 12.1 Å². The van der Waals surface area contributed by atoms with Crippen LogP contribution >= 0.6 is 11.6 Å². The summed E-state index contributed by atoms with van der Waals surface area (Å²) in [5.41, 5.74) is 1.48. The molecule has 0 radical (unpaired) electrons. The fourth-order valence-corrected chi connectivity index (χ4v) is 2.73. The Bertz CT molecular complexity index is 565. The van der Waals surface area contributed by atoms with Gasteiger partial charge >= 0.3 is 0 Å². The van der Waals surface area contributed by atoms with E-state index in [9.17, 15) is 10.1 Å². The van der Waals surface area contributed by atoms with Crippen molar-refractivity contribution in [2.75, 3.05) is 18.0 Å². The molecule has 1 aromatic rings. The maximum absolute atomic E-state index is 11.8. The molecular formula is C16H20ClN3O. The zero-order valence-corrected chi connectivity index (χ0v) is 13.2. The van der Waals surface area contributed by atoms with Gasteiger partial charge in [-0.15, -0.1) is 0 Å². The summed E-state index contributed by atoms with van der Waals surface area (Å²) in [6, 6.07) is 7.70. The third-order valence-electron chi connectivity index (χ3n) is 3.71. The number of carbonyl (C=O) groups is 1. The Hall–Kier alpha value is -1.73. The average molecular weight is 306 g/mol. The summed E-state index contributed by atoms with van der Waals surface area (Å²) in [6.07, 6.45) is 1.97. The summed E-state index contributed by atoms with van der Waals surface area (Å²) in [5.74, 6) is 0.0732. The zero-order chi connectivity index (χ0) is 15.4. The normalized spacial score (nSPS) is 18.4. The lowest BCUT2D eigenvalue weighted by molar-refractivity contribution is -0.124. The Morgan fingerprint density at radius 2 is 2.29 bits per heavy atom. The summed E-state index contributed by atoms with van der Waals surface area (Å²) >= 11 is 5.94. The highest BCUT2D eigenvalue weighted by molar-refractivity contribution is 6.30. The maximum Gasteiger partial charge on any atom is 0.222 e. The number of carbonyl (C=O) groups excluding carboxylic acids is 1. The van der Waals surface area contributed by atoms with E-state index in [1.807, 2.05) is 19.9 Å². The van der Waals surface area contributed by atoms with E-state index in [0.29, 0.717) is 10.6 Å². The summed E-state index contributed by atoms with van der Waals surface area (Å²) in [5, 5.41) is 12.9. The molecule has 2 rings (SSSR count). The number of amides is 1. The van der Waals surface area contributed by atoms with Crippen LogP contribution in [0, 0.1) is 17.2 Å². The van der Waals surface area contributed by atoms with Gasteiger partial charge in [-0.1, -0.05) is 25.4 Å². The first kappa shape index (κ1) is 15.7. The second-order valence-electron chi connectivity index (χ2n) is 5.72. The van der Waals surface area contributed by atoms with E-state index < -0.39 is 0 Å². The van der Waals surface area contributed by atoms with Crippen LogP contribution in [0.2, 0.25) is 5.02 Å². The van der Waals surface area contributed by atoms with Gasteiger partial charge in [-0.2, -0.15) is 5.26 Å². The van der Waals surface area contributed by atoms with Gasteiger partial charge in [0.25, 0.3) is 0 Å². The minimum atomic E-state index is -0.00872. The minimum absolute atomic E-state index is 0.00872. The molecule has 0 aliphatic carbocycles. The lowest BCUT2D eigenvalue weighted by Gasteiger charge is -2.35. The first-order valence-electron chi connectivity index (χ1n) is 7.26. The molecule has 112 valence electrons. The fraction of sp³-hybridized carbons (Fsp3) is 0.500. The van der Waals surface area contributed by atoms with Crippen molar-refractivity contribution in [1.82, 2.24) is 5.32 Å². The number of rotatable bonds is 3. The predicted molar refractivity (Wildman–Crippen MR) is 84.4 cm³/mol. The SMILES string of the molecule is CC(C)C(=O)NC1CCCN(c2ccc(Cl)cc2C#N)C1. The summed E-state index contributed by atoms with van der Waals surface area (Å²) in [6.45, 7) is 5.41. The predicted octanol–water partition coefficient (Wildman–Crippen LogP) is 2.95.